The second-order valence-corrected chi connectivity index (χ2v) is 2.82. The fourth-order valence-electron chi connectivity index (χ4n) is 1.38. The average molecular weight is 192 g/mol. The summed E-state index contributed by atoms with van der Waals surface area (Å²) in [5.74, 6) is -0.739. The van der Waals surface area contributed by atoms with Crippen LogP contribution in [0.15, 0.2) is 24.8 Å². The van der Waals surface area contributed by atoms with E-state index in [0.717, 1.165) is 5.56 Å². The third-order valence-corrected chi connectivity index (χ3v) is 2.07. The smallest absolute Gasteiger partial charge is 0.295 e. The van der Waals surface area contributed by atoms with Crippen LogP contribution in [0.2, 0.25) is 0 Å². The first-order chi connectivity index (χ1) is 6.74. The molecule has 0 aliphatic heterocycles. The summed E-state index contributed by atoms with van der Waals surface area (Å²) in [5.41, 5.74) is 1.89. The zero-order chi connectivity index (χ0) is 10.6. The van der Waals surface area contributed by atoms with Crippen LogP contribution in [0.25, 0.3) is 6.08 Å². The number of hydrogen-bond donors (Lipinski definition) is 1. The minimum Gasteiger partial charge on any atom is -0.295 e. The monoisotopic (exact) mass is 192 g/mol. The molecule has 0 amide bonds. The van der Waals surface area contributed by atoms with E-state index in [9.17, 15) is 4.79 Å². The summed E-state index contributed by atoms with van der Waals surface area (Å²) < 4.78 is 0. The third-order valence-electron chi connectivity index (χ3n) is 2.07. The third kappa shape index (κ3) is 1.83. The molecule has 1 N–H and O–H groups in total. The molecule has 0 aliphatic carbocycles. The minimum atomic E-state index is -0.739. The van der Waals surface area contributed by atoms with Crippen molar-refractivity contribution in [2.24, 2.45) is 0 Å². The second kappa shape index (κ2) is 4.58. The van der Waals surface area contributed by atoms with Crippen molar-refractivity contribution >= 4 is 12.0 Å². The molecule has 0 spiro atoms. The molecule has 0 bridgehead atoms. The Labute approximate surface area is 82.6 Å². The van der Waals surface area contributed by atoms with Gasteiger partial charge >= 0.3 is 5.97 Å². The van der Waals surface area contributed by atoms with Crippen molar-refractivity contribution in [1.82, 2.24) is 0 Å². The number of aryl methyl sites for hydroxylation is 1. The van der Waals surface area contributed by atoms with Gasteiger partial charge in [0.1, 0.15) is 0 Å². The van der Waals surface area contributed by atoms with Gasteiger partial charge in [0, 0.05) is 0 Å². The highest BCUT2D eigenvalue weighted by Gasteiger charge is 2.14. The summed E-state index contributed by atoms with van der Waals surface area (Å²) >= 11 is 0. The normalized spacial score (nSPS) is 9.57. The van der Waals surface area contributed by atoms with Crippen LogP contribution in [0.3, 0.4) is 0 Å². The van der Waals surface area contributed by atoms with Crippen LogP contribution in [-0.2, 0) is 11.3 Å². The molecule has 0 unspecified atom stereocenters. The summed E-state index contributed by atoms with van der Waals surface area (Å²) in [7, 11) is 0. The van der Waals surface area contributed by atoms with Gasteiger partial charge in [-0.15, -0.1) is 0 Å². The van der Waals surface area contributed by atoms with Gasteiger partial charge in [-0.25, -0.2) is 4.79 Å². The van der Waals surface area contributed by atoms with E-state index < -0.39 is 5.97 Å². The zero-order valence-corrected chi connectivity index (χ0v) is 7.99. The van der Waals surface area contributed by atoms with E-state index in [2.05, 4.69) is 11.5 Å². The fraction of sp³-hybridized carbons (Fsp3) is 0.182. The highest BCUT2D eigenvalue weighted by Crippen LogP contribution is 2.17. The molecule has 0 heterocycles. The maximum Gasteiger partial charge on any atom is 0.373 e. The van der Waals surface area contributed by atoms with Gasteiger partial charge in [-0.2, -0.15) is 5.26 Å². The molecule has 14 heavy (non-hydrogen) atoms. The number of hydrogen-bond acceptors (Lipinski definition) is 3. The van der Waals surface area contributed by atoms with Crippen LogP contribution in [0.4, 0.5) is 0 Å². The molecule has 0 saturated heterocycles. The molecule has 74 valence electrons. The van der Waals surface area contributed by atoms with Crippen LogP contribution in [0.1, 0.15) is 28.4 Å². The Kier molecular flexibility index (Phi) is 3.42. The van der Waals surface area contributed by atoms with Crippen molar-refractivity contribution in [3.63, 3.8) is 0 Å². The largest absolute Gasteiger partial charge is 0.373 e. The van der Waals surface area contributed by atoms with Gasteiger partial charge < -0.3 is 0 Å². The van der Waals surface area contributed by atoms with Crippen molar-refractivity contribution in [3.8, 4) is 0 Å². The van der Waals surface area contributed by atoms with Crippen molar-refractivity contribution < 1.29 is 14.9 Å². The lowest BCUT2D eigenvalue weighted by atomic mass is 9.99. The predicted octanol–water partition coefficient (Wildman–Crippen LogP) is 2.52. The Balaban J connectivity index is 3.32. The Morgan fingerprint density at radius 3 is 2.86 bits per heavy atom. The molecule has 0 fully saturated rings. The standard InChI is InChI=1S/C11H12O3/c1-3-8-6-5-7-9(4-2)10(8)11(12)14-13/h3,5-7,13H,1,4H2,2H3. The van der Waals surface area contributed by atoms with Crippen molar-refractivity contribution in [1.29, 1.82) is 0 Å². The average Bonchev–Trinajstić information content (AvgIpc) is 2.26. The number of rotatable bonds is 3. The van der Waals surface area contributed by atoms with Crippen molar-refractivity contribution in [3.05, 3.63) is 41.5 Å². The molecule has 0 atom stereocenters. The van der Waals surface area contributed by atoms with E-state index >= 15 is 0 Å². The van der Waals surface area contributed by atoms with Crippen LogP contribution in [0, 0.1) is 0 Å². The predicted molar refractivity (Wildman–Crippen MR) is 54.0 cm³/mol. The van der Waals surface area contributed by atoms with Crippen LogP contribution < -0.4 is 0 Å². The first-order valence-electron chi connectivity index (χ1n) is 4.34. The van der Waals surface area contributed by atoms with Gasteiger partial charge in [-0.1, -0.05) is 37.8 Å². The Morgan fingerprint density at radius 2 is 2.36 bits per heavy atom. The zero-order valence-electron chi connectivity index (χ0n) is 7.99. The highest BCUT2D eigenvalue weighted by atomic mass is 17.1. The fourth-order valence-corrected chi connectivity index (χ4v) is 1.38. The lowest BCUT2D eigenvalue weighted by molar-refractivity contribution is -0.182. The second-order valence-electron chi connectivity index (χ2n) is 2.82. The van der Waals surface area contributed by atoms with Gasteiger partial charge in [0.05, 0.1) is 5.56 Å². The number of benzene rings is 1. The Hall–Kier alpha value is -1.61. The number of carbonyl (C=O) groups excluding carboxylic acids is 1. The molecular formula is C11H12O3. The van der Waals surface area contributed by atoms with Crippen LogP contribution in [-0.4, -0.2) is 11.2 Å². The van der Waals surface area contributed by atoms with E-state index in [4.69, 9.17) is 5.26 Å². The van der Waals surface area contributed by atoms with E-state index in [1.807, 2.05) is 19.1 Å². The van der Waals surface area contributed by atoms with E-state index in [1.54, 1.807) is 12.1 Å². The van der Waals surface area contributed by atoms with E-state index in [-0.39, 0.29) is 0 Å². The van der Waals surface area contributed by atoms with Gasteiger partial charge in [0.25, 0.3) is 0 Å². The molecule has 1 rings (SSSR count). The van der Waals surface area contributed by atoms with Crippen molar-refractivity contribution in [2.75, 3.05) is 0 Å². The van der Waals surface area contributed by atoms with E-state index in [1.165, 1.54) is 0 Å². The summed E-state index contributed by atoms with van der Waals surface area (Å²) in [5, 5.41) is 8.34. The molecule has 1 aromatic carbocycles. The molecular weight excluding hydrogens is 180 g/mol. The van der Waals surface area contributed by atoms with Gasteiger partial charge in [0.15, 0.2) is 0 Å². The molecule has 0 saturated carbocycles. The Bertz CT molecular complexity index is 356. The van der Waals surface area contributed by atoms with Gasteiger partial charge in [-0.05, 0) is 17.5 Å². The maximum atomic E-state index is 11.3. The molecule has 3 nitrogen and oxygen atoms in total. The van der Waals surface area contributed by atoms with Gasteiger partial charge in [-0.3, -0.25) is 4.89 Å². The minimum absolute atomic E-state index is 0.382. The molecule has 1 aromatic rings. The highest BCUT2D eigenvalue weighted by molar-refractivity contribution is 5.94. The summed E-state index contributed by atoms with van der Waals surface area (Å²) in [6.45, 7) is 5.52. The van der Waals surface area contributed by atoms with Gasteiger partial charge in [0.2, 0.25) is 0 Å². The topological polar surface area (TPSA) is 46.5 Å². The number of carbonyl (C=O) groups is 1. The first kappa shape index (κ1) is 10.5. The molecule has 0 aliphatic rings. The summed E-state index contributed by atoms with van der Waals surface area (Å²) in [6.07, 6.45) is 2.26. The SMILES string of the molecule is C=Cc1cccc(CC)c1C(=O)OO. The Morgan fingerprint density at radius 1 is 1.64 bits per heavy atom. The molecule has 3 heteroatoms. The van der Waals surface area contributed by atoms with E-state index in [0.29, 0.717) is 17.5 Å². The van der Waals surface area contributed by atoms with Crippen LogP contribution >= 0.6 is 0 Å². The molecule has 0 aromatic heterocycles. The summed E-state index contributed by atoms with van der Waals surface area (Å²) in [4.78, 5) is 15.0. The lowest BCUT2D eigenvalue weighted by Gasteiger charge is -2.07. The lowest BCUT2D eigenvalue weighted by Crippen LogP contribution is -2.07. The van der Waals surface area contributed by atoms with Crippen molar-refractivity contribution in [2.45, 2.75) is 13.3 Å². The molecule has 0 radical (unpaired) electrons. The quantitative estimate of drug-likeness (QED) is 0.591. The summed E-state index contributed by atoms with van der Waals surface area (Å²) in [6, 6.07) is 5.40. The first-order valence-corrected chi connectivity index (χ1v) is 4.34. The maximum absolute atomic E-state index is 11.3. The van der Waals surface area contributed by atoms with Crippen LogP contribution in [0.5, 0.6) is 0 Å².